The Morgan fingerprint density at radius 3 is 2.63 bits per heavy atom. The van der Waals surface area contributed by atoms with E-state index >= 15 is 0 Å². The number of hydrogen-bond acceptors (Lipinski definition) is 2. The van der Waals surface area contributed by atoms with Gasteiger partial charge in [-0.3, -0.25) is 9.59 Å². The third kappa shape index (κ3) is 3.68. The fourth-order valence-corrected chi connectivity index (χ4v) is 3.11. The second kappa shape index (κ2) is 6.21. The van der Waals surface area contributed by atoms with Crippen LogP contribution in [0.5, 0.6) is 0 Å². The molecule has 102 valence electrons. The van der Waals surface area contributed by atoms with Crippen molar-refractivity contribution in [2.24, 2.45) is 11.8 Å². The van der Waals surface area contributed by atoms with Gasteiger partial charge in [-0.25, -0.2) is 0 Å². The van der Waals surface area contributed by atoms with Crippen molar-refractivity contribution in [3.05, 3.63) is 26.2 Å². The van der Waals surface area contributed by atoms with Gasteiger partial charge in [0.05, 0.1) is 11.6 Å². The highest BCUT2D eigenvalue weighted by atomic mass is 127. The van der Waals surface area contributed by atoms with E-state index in [1.54, 1.807) is 0 Å². The molecule has 0 aliphatic heterocycles. The minimum Gasteiger partial charge on any atom is -0.481 e. The molecule has 1 fully saturated rings. The van der Waals surface area contributed by atoms with Crippen LogP contribution in [-0.2, 0) is 9.59 Å². The Labute approximate surface area is 133 Å². The van der Waals surface area contributed by atoms with Gasteiger partial charge in [-0.05, 0) is 76.0 Å². The van der Waals surface area contributed by atoms with E-state index in [-0.39, 0.29) is 17.7 Å². The summed E-state index contributed by atoms with van der Waals surface area (Å²) in [5.41, 5.74) is 0.732. The largest absolute Gasteiger partial charge is 0.481 e. The van der Waals surface area contributed by atoms with E-state index in [1.807, 2.05) is 18.2 Å². The SMILES string of the molecule is O=C(O)C1CCC(C(=O)Nc2cc(I)ccc2Br)C1. The van der Waals surface area contributed by atoms with Gasteiger partial charge >= 0.3 is 5.97 Å². The van der Waals surface area contributed by atoms with Crippen molar-refractivity contribution >= 4 is 56.1 Å². The third-order valence-corrected chi connectivity index (χ3v) is 4.70. The molecule has 19 heavy (non-hydrogen) atoms. The molecule has 2 unspecified atom stereocenters. The minimum absolute atomic E-state index is 0.0912. The van der Waals surface area contributed by atoms with Crippen molar-refractivity contribution in [1.29, 1.82) is 0 Å². The summed E-state index contributed by atoms with van der Waals surface area (Å²) >= 11 is 5.57. The predicted octanol–water partition coefficient (Wildman–Crippen LogP) is 3.49. The van der Waals surface area contributed by atoms with E-state index in [4.69, 9.17) is 5.11 Å². The molecule has 1 aromatic carbocycles. The zero-order chi connectivity index (χ0) is 14.0. The van der Waals surface area contributed by atoms with Crippen molar-refractivity contribution in [2.45, 2.75) is 19.3 Å². The van der Waals surface area contributed by atoms with E-state index in [0.717, 1.165) is 13.7 Å². The van der Waals surface area contributed by atoms with E-state index in [9.17, 15) is 9.59 Å². The average molecular weight is 438 g/mol. The Hall–Kier alpha value is -0.630. The monoisotopic (exact) mass is 437 g/mol. The number of carbonyl (C=O) groups is 2. The summed E-state index contributed by atoms with van der Waals surface area (Å²) in [6.07, 6.45) is 1.66. The molecule has 0 bridgehead atoms. The molecule has 0 spiro atoms. The van der Waals surface area contributed by atoms with Crippen molar-refractivity contribution in [3.8, 4) is 0 Å². The number of halogens is 2. The molecular formula is C13H13BrINO3. The van der Waals surface area contributed by atoms with Crippen LogP contribution in [0, 0.1) is 15.4 Å². The highest BCUT2D eigenvalue weighted by Crippen LogP contribution is 2.33. The van der Waals surface area contributed by atoms with E-state index in [0.29, 0.717) is 19.3 Å². The maximum atomic E-state index is 12.1. The third-order valence-electron chi connectivity index (χ3n) is 3.34. The fraction of sp³-hybridized carbons (Fsp3) is 0.385. The molecule has 2 rings (SSSR count). The Morgan fingerprint density at radius 1 is 1.32 bits per heavy atom. The molecule has 2 atom stereocenters. The number of nitrogens with one attached hydrogen (secondary N) is 1. The molecule has 0 aromatic heterocycles. The number of carboxylic acids is 1. The number of rotatable bonds is 3. The Morgan fingerprint density at radius 2 is 2.00 bits per heavy atom. The van der Waals surface area contributed by atoms with Crippen LogP contribution in [-0.4, -0.2) is 17.0 Å². The molecule has 1 aromatic rings. The number of benzene rings is 1. The molecule has 0 heterocycles. The molecule has 0 radical (unpaired) electrons. The maximum absolute atomic E-state index is 12.1. The van der Waals surface area contributed by atoms with E-state index < -0.39 is 5.97 Å². The molecule has 1 amide bonds. The van der Waals surface area contributed by atoms with Crippen molar-refractivity contribution in [1.82, 2.24) is 0 Å². The van der Waals surface area contributed by atoms with Gasteiger partial charge in [-0.15, -0.1) is 0 Å². The van der Waals surface area contributed by atoms with Gasteiger partial charge in [0, 0.05) is 14.0 Å². The lowest BCUT2D eigenvalue weighted by molar-refractivity contribution is -0.141. The van der Waals surface area contributed by atoms with Gasteiger partial charge in [-0.1, -0.05) is 0 Å². The standard InChI is InChI=1S/C13H13BrINO3/c14-10-4-3-9(15)6-11(10)16-12(17)7-1-2-8(5-7)13(18)19/h3-4,6-8H,1-2,5H2,(H,16,17)(H,18,19). The van der Waals surface area contributed by atoms with Gasteiger partial charge in [0.2, 0.25) is 5.91 Å². The molecule has 1 aliphatic rings. The van der Waals surface area contributed by atoms with Crippen molar-refractivity contribution in [3.63, 3.8) is 0 Å². The average Bonchev–Trinajstić information content (AvgIpc) is 2.83. The van der Waals surface area contributed by atoms with Crippen LogP contribution in [0.15, 0.2) is 22.7 Å². The second-order valence-electron chi connectivity index (χ2n) is 4.66. The van der Waals surface area contributed by atoms with E-state index in [2.05, 4.69) is 43.8 Å². The number of hydrogen-bond donors (Lipinski definition) is 2. The van der Waals surface area contributed by atoms with Crippen LogP contribution in [0.1, 0.15) is 19.3 Å². The molecule has 6 heteroatoms. The van der Waals surface area contributed by atoms with Crippen LogP contribution in [0.4, 0.5) is 5.69 Å². The Bertz CT molecular complexity index is 521. The number of anilines is 1. The van der Waals surface area contributed by atoms with Crippen molar-refractivity contribution in [2.75, 3.05) is 5.32 Å². The number of carbonyl (C=O) groups excluding carboxylic acids is 1. The lowest BCUT2D eigenvalue weighted by atomic mass is 10.0. The summed E-state index contributed by atoms with van der Waals surface area (Å²) in [7, 11) is 0. The summed E-state index contributed by atoms with van der Waals surface area (Å²) in [6.45, 7) is 0. The van der Waals surface area contributed by atoms with Gasteiger partial charge in [0.1, 0.15) is 0 Å². The molecule has 1 saturated carbocycles. The summed E-state index contributed by atoms with van der Waals surface area (Å²) in [5, 5.41) is 11.8. The highest BCUT2D eigenvalue weighted by molar-refractivity contribution is 14.1. The summed E-state index contributed by atoms with van der Waals surface area (Å²) < 4.78 is 1.86. The predicted molar refractivity (Wildman–Crippen MR) is 84.0 cm³/mol. The first kappa shape index (κ1) is 14.8. The highest BCUT2D eigenvalue weighted by Gasteiger charge is 2.33. The summed E-state index contributed by atoms with van der Waals surface area (Å²) in [4.78, 5) is 23.0. The molecule has 0 saturated heterocycles. The van der Waals surface area contributed by atoms with Crippen LogP contribution in [0.3, 0.4) is 0 Å². The summed E-state index contributed by atoms with van der Waals surface area (Å²) in [6, 6.07) is 5.70. The first-order valence-corrected chi connectivity index (χ1v) is 7.83. The molecule has 2 N–H and O–H groups in total. The van der Waals surface area contributed by atoms with Gasteiger partial charge in [0.15, 0.2) is 0 Å². The minimum atomic E-state index is -0.800. The maximum Gasteiger partial charge on any atom is 0.306 e. The zero-order valence-corrected chi connectivity index (χ0v) is 13.8. The topological polar surface area (TPSA) is 66.4 Å². The van der Waals surface area contributed by atoms with Crippen LogP contribution < -0.4 is 5.32 Å². The van der Waals surface area contributed by atoms with Gasteiger partial charge < -0.3 is 10.4 Å². The summed E-state index contributed by atoms with van der Waals surface area (Å²) in [5.74, 6) is -1.47. The Balaban J connectivity index is 2.02. The molecule has 4 nitrogen and oxygen atoms in total. The molecular weight excluding hydrogens is 425 g/mol. The van der Waals surface area contributed by atoms with Gasteiger partial charge in [0.25, 0.3) is 0 Å². The number of carboxylic acid groups (broad SMARTS) is 1. The fourth-order valence-electron chi connectivity index (χ4n) is 2.27. The van der Waals surface area contributed by atoms with Crippen LogP contribution in [0.2, 0.25) is 0 Å². The normalized spacial score (nSPS) is 22.2. The Kier molecular flexibility index (Phi) is 4.83. The lowest BCUT2D eigenvalue weighted by Gasteiger charge is -2.12. The second-order valence-corrected chi connectivity index (χ2v) is 6.76. The number of amides is 1. The number of aliphatic carboxylic acids is 1. The van der Waals surface area contributed by atoms with Gasteiger partial charge in [-0.2, -0.15) is 0 Å². The molecule has 1 aliphatic carbocycles. The zero-order valence-electron chi connectivity index (χ0n) is 10.0. The first-order valence-electron chi connectivity index (χ1n) is 5.96. The van der Waals surface area contributed by atoms with Crippen molar-refractivity contribution < 1.29 is 14.7 Å². The smallest absolute Gasteiger partial charge is 0.306 e. The van der Waals surface area contributed by atoms with E-state index in [1.165, 1.54) is 0 Å². The lowest BCUT2D eigenvalue weighted by Crippen LogP contribution is -2.22. The first-order chi connectivity index (χ1) is 8.97. The van der Waals surface area contributed by atoms with Crippen LogP contribution >= 0.6 is 38.5 Å². The quantitative estimate of drug-likeness (QED) is 0.711. The van der Waals surface area contributed by atoms with Crippen LogP contribution in [0.25, 0.3) is 0 Å².